The lowest BCUT2D eigenvalue weighted by atomic mass is 9.99. The first-order valence-corrected chi connectivity index (χ1v) is 16.6. The van der Waals surface area contributed by atoms with Crippen molar-refractivity contribution >= 4 is 56.3 Å². The number of epoxide rings is 2. The van der Waals surface area contributed by atoms with Gasteiger partial charge in [0.2, 0.25) is 0 Å². The molecule has 0 saturated carbocycles. The van der Waals surface area contributed by atoms with E-state index in [1.54, 1.807) is 0 Å². The molecule has 0 aromatic carbocycles. The SMILES string of the molecule is COC(=O)CCc1c(C)c2cc3nc(cc4nc(cc5[nH]c(cc1[nH]2)c(CCC(=O)OC)c5C)C(CC1CO1)=C4C)C(CC1CO1)=C3C. The maximum absolute atomic E-state index is 12.3. The van der Waals surface area contributed by atoms with Gasteiger partial charge in [0.15, 0.2) is 0 Å². The maximum atomic E-state index is 12.3. The number of hydrogen-bond acceptors (Lipinski definition) is 8. The van der Waals surface area contributed by atoms with Crippen molar-refractivity contribution in [1.82, 2.24) is 19.9 Å². The zero-order chi connectivity index (χ0) is 33.7. The van der Waals surface area contributed by atoms with E-state index in [2.05, 4.69) is 61.9 Å². The summed E-state index contributed by atoms with van der Waals surface area (Å²) < 4.78 is 21.3. The van der Waals surface area contributed by atoms with E-state index in [1.807, 2.05) is 0 Å². The molecule has 2 N–H and O–H groups in total. The number of allylic oxidation sites excluding steroid dienone is 2. The Labute approximate surface area is 279 Å². The summed E-state index contributed by atoms with van der Waals surface area (Å²) >= 11 is 0. The number of ether oxygens (including phenoxy) is 4. The molecule has 10 heteroatoms. The summed E-state index contributed by atoms with van der Waals surface area (Å²) in [6.07, 6.45) is 3.51. The average Bonchev–Trinajstić information content (AvgIpc) is 3.98. The number of nitrogens with one attached hydrogen (secondary N) is 2. The highest BCUT2D eigenvalue weighted by molar-refractivity contribution is 5.96. The number of esters is 2. The van der Waals surface area contributed by atoms with E-state index in [0.29, 0.717) is 12.8 Å². The largest absolute Gasteiger partial charge is 0.469 e. The van der Waals surface area contributed by atoms with E-state index in [4.69, 9.17) is 28.9 Å². The Kier molecular flexibility index (Phi) is 8.55. The standard InChI is InChI=1S/C38H42N4O6/c1-19-25(7-9-37(43)45-5)33-16-34-26(8-10-38(44)46-6)20(2)31(40-34)14-35-28(12-24-18-48-24)22(4)32(42-35)15-36-27(11-23-17-47-23)21(3)30(41-36)13-29(19)39-33/h13-16,23-24,39-40H,7-12,17-18H2,1-6H3. The van der Waals surface area contributed by atoms with Crippen LogP contribution in [0.3, 0.4) is 0 Å². The van der Waals surface area contributed by atoms with Gasteiger partial charge >= 0.3 is 11.9 Å². The fourth-order valence-corrected chi connectivity index (χ4v) is 6.86. The van der Waals surface area contributed by atoms with E-state index in [9.17, 15) is 9.59 Å². The Morgan fingerprint density at radius 2 is 1.08 bits per heavy atom. The topological polar surface area (TPSA) is 135 Å². The van der Waals surface area contributed by atoms with E-state index < -0.39 is 0 Å². The van der Waals surface area contributed by atoms with Gasteiger partial charge in [0.1, 0.15) is 0 Å². The third-order valence-electron chi connectivity index (χ3n) is 10.1. The van der Waals surface area contributed by atoms with Crippen LogP contribution in [0.25, 0.3) is 44.4 Å². The van der Waals surface area contributed by atoms with E-state index in [1.165, 1.54) is 25.4 Å². The van der Waals surface area contributed by atoms with E-state index in [-0.39, 0.29) is 37.0 Å². The molecule has 0 radical (unpaired) electrons. The monoisotopic (exact) mass is 650 g/mol. The Morgan fingerprint density at radius 1 is 0.667 bits per heavy atom. The summed E-state index contributed by atoms with van der Waals surface area (Å²) in [5, 5.41) is 0. The fraction of sp³-hybridized carbons (Fsp3) is 0.421. The molecule has 48 heavy (non-hydrogen) atoms. The summed E-state index contributed by atoms with van der Waals surface area (Å²) in [5.74, 6) is -0.525. The zero-order valence-corrected chi connectivity index (χ0v) is 28.5. The van der Waals surface area contributed by atoms with Crippen LogP contribution < -0.4 is 0 Å². The van der Waals surface area contributed by atoms with Gasteiger partial charge in [0.25, 0.3) is 0 Å². The van der Waals surface area contributed by atoms with Crippen molar-refractivity contribution in [3.63, 3.8) is 0 Å². The van der Waals surface area contributed by atoms with Crippen molar-refractivity contribution in [3.05, 3.63) is 69.3 Å². The number of carbonyl (C=O) groups is 2. The Hall–Kier alpha value is -4.54. The first-order valence-electron chi connectivity index (χ1n) is 16.6. The van der Waals surface area contributed by atoms with Gasteiger partial charge in [-0.3, -0.25) is 9.59 Å². The van der Waals surface area contributed by atoms with Gasteiger partial charge in [-0.25, -0.2) is 9.97 Å². The number of carbonyl (C=O) groups excluding carboxylic acids is 2. The molecule has 2 unspecified atom stereocenters. The number of fused-ring (bicyclic) bond motifs is 8. The highest BCUT2D eigenvalue weighted by Crippen LogP contribution is 2.40. The maximum Gasteiger partial charge on any atom is 0.305 e. The molecule has 0 spiro atoms. The molecule has 0 amide bonds. The molecule has 3 aromatic rings. The molecule has 0 aliphatic carbocycles. The van der Waals surface area contributed by atoms with Crippen LogP contribution in [0, 0.1) is 13.8 Å². The second kappa shape index (κ2) is 12.8. The van der Waals surface area contributed by atoms with Crippen molar-refractivity contribution in [2.45, 2.75) is 78.4 Å². The smallest absolute Gasteiger partial charge is 0.305 e. The number of hydrogen-bond donors (Lipinski definition) is 2. The number of aromatic nitrogens is 4. The summed E-state index contributed by atoms with van der Waals surface area (Å²) in [7, 11) is 2.83. The Bertz CT molecular complexity index is 2060. The molecular weight excluding hydrogens is 608 g/mol. The van der Waals surface area contributed by atoms with Gasteiger partial charge in [-0.15, -0.1) is 0 Å². The minimum atomic E-state index is -0.263. The number of H-pyrrole nitrogens is 2. The van der Waals surface area contributed by atoms with Crippen LogP contribution in [0.2, 0.25) is 0 Å². The number of aromatic amines is 2. The van der Waals surface area contributed by atoms with Crippen molar-refractivity contribution in [2.24, 2.45) is 0 Å². The second-order valence-corrected chi connectivity index (χ2v) is 13.1. The van der Waals surface area contributed by atoms with Gasteiger partial charge < -0.3 is 28.9 Å². The Morgan fingerprint density at radius 3 is 1.52 bits per heavy atom. The van der Waals surface area contributed by atoms with Crippen LogP contribution in [-0.2, 0) is 41.4 Å². The molecule has 10 nitrogen and oxygen atoms in total. The van der Waals surface area contributed by atoms with Gasteiger partial charge in [0, 0.05) is 47.8 Å². The number of aryl methyl sites for hydroxylation is 4. The van der Waals surface area contributed by atoms with Gasteiger partial charge in [-0.1, -0.05) is 0 Å². The van der Waals surface area contributed by atoms with Crippen LogP contribution in [0.4, 0.5) is 0 Å². The van der Waals surface area contributed by atoms with Crippen LogP contribution in [0.5, 0.6) is 0 Å². The number of rotatable bonds is 10. The van der Waals surface area contributed by atoms with Crippen molar-refractivity contribution in [3.8, 4) is 0 Å². The molecule has 4 aliphatic rings. The normalized spacial score (nSPS) is 18.4. The third-order valence-corrected chi connectivity index (χ3v) is 10.1. The average molecular weight is 651 g/mol. The predicted octanol–water partition coefficient (Wildman–Crippen LogP) is 6.58. The lowest BCUT2D eigenvalue weighted by Crippen LogP contribution is -2.02. The molecule has 2 fully saturated rings. The second-order valence-electron chi connectivity index (χ2n) is 13.1. The van der Waals surface area contributed by atoms with Crippen LogP contribution >= 0.6 is 0 Å². The molecule has 4 aliphatic heterocycles. The number of methoxy groups -OCH3 is 2. The molecular formula is C38H42N4O6. The van der Waals surface area contributed by atoms with E-state index in [0.717, 1.165) is 104 Å². The third kappa shape index (κ3) is 6.34. The minimum absolute atomic E-state index is 0.197. The zero-order valence-electron chi connectivity index (χ0n) is 28.5. The Balaban J connectivity index is 1.53. The van der Waals surface area contributed by atoms with Gasteiger partial charge in [-0.2, -0.15) is 0 Å². The molecule has 2 atom stereocenters. The van der Waals surface area contributed by atoms with Crippen molar-refractivity contribution in [2.75, 3.05) is 27.4 Å². The number of nitrogens with zero attached hydrogens (tertiary/aromatic N) is 2. The lowest BCUT2D eigenvalue weighted by molar-refractivity contribution is -0.141. The molecule has 3 aromatic heterocycles. The van der Waals surface area contributed by atoms with Gasteiger partial charge in [-0.05, 0) is 109 Å². The summed E-state index contributed by atoms with van der Waals surface area (Å²) in [6, 6.07) is 8.44. The quantitative estimate of drug-likeness (QED) is 0.186. The first kappa shape index (κ1) is 32.0. The highest BCUT2D eigenvalue weighted by atomic mass is 16.6. The molecule has 7 heterocycles. The molecule has 250 valence electrons. The summed E-state index contributed by atoms with van der Waals surface area (Å²) in [6.45, 7) is 9.93. The van der Waals surface area contributed by atoms with E-state index >= 15 is 0 Å². The predicted molar refractivity (Wildman–Crippen MR) is 185 cm³/mol. The molecule has 7 rings (SSSR count). The highest BCUT2D eigenvalue weighted by Gasteiger charge is 2.31. The molecule has 8 bridgehead atoms. The first-order chi connectivity index (χ1) is 23.1. The minimum Gasteiger partial charge on any atom is -0.469 e. The van der Waals surface area contributed by atoms with Crippen molar-refractivity contribution in [1.29, 1.82) is 0 Å². The molecule has 2 saturated heterocycles. The summed E-state index contributed by atoms with van der Waals surface area (Å²) in [4.78, 5) is 42.2. The van der Waals surface area contributed by atoms with Crippen LogP contribution in [-0.4, -0.2) is 71.5 Å². The van der Waals surface area contributed by atoms with Gasteiger partial charge in [0.05, 0.1) is 62.4 Å². The van der Waals surface area contributed by atoms with Crippen LogP contribution in [0.15, 0.2) is 24.3 Å². The van der Waals surface area contributed by atoms with Crippen LogP contribution in [0.1, 0.15) is 84.6 Å². The fourth-order valence-electron chi connectivity index (χ4n) is 6.86. The lowest BCUT2D eigenvalue weighted by Gasteiger charge is -2.03. The van der Waals surface area contributed by atoms with Crippen molar-refractivity contribution < 1.29 is 28.5 Å². The summed E-state index contributed by atoms with van der Waals surface area (Å²) in [5.41, 5.74) is 16.0.